The summed E-state index contributed by atoms with van der Waals surface area (Å²) in [7, 11) is 2.26. The highest BCUT2D eigenvalue weighted by Crippen LogP contribution is 2.30. The Labute approximate surface area is 145 Å². The van der Waals surface area contributed by atoms with Crippen molar-refractivity contribution in [1.29, 1.82) is 0 Å². The van der Waals surface area contributed by atoms with Gasteiger partial charge in [0.2, 0.25) is 5.60 Å². The molecule has 0 amide bonds. The minimum Gasteiger partial charge on any atom is -0.468 e. The second kappa shape index (κ2) is 8.22. The molecule has 1 atom stereocenters. The molecule has 1 aromatic rings. The maximum absolute atomic E-state index is 12.1. The molecule has 124 valence electrons. The van der Waals surface area contributed by atoms with Crippen molar-refractivity contribution >= 4 is 23.3 Å². The van der Waals surface area contributed by atoms with Gasteiger partial charge in [-0.05, 0) is 17.4 Å². The number of thiophene rings is 1. The molecule has 0 bridgehead atoms. The van der Waals surface area contributed by atoms with Gasteiger partial charge < -0.3 is 14.6 Å². The number of ether oxygens (including phenoxy) is 2. The largest absolute Gasteiger partial charge is 0.468 e. The van der Waals surface area contributed by atoms with E-state index in [4.69, 9.17) is 12.8 Å². The van der Waals surface area contributed by atoms with Gasteiger partial charge in [0.1, 0.15) is 0 Å². The third-order valence-corrected chi connectivity index (χ3v) is 4.28. The van der Waals surface area contributed by atoms with Gasteiger partial charge >= 0.3 is 11.9 Å². The van der Waals surface area contributed by atoms with E-state index in [2.05, 4.69) is 33.2 Å². The van der Waals surface area contributed by atoms with Gasteiger partial charge in [-0.1, -0.05) is 17.9 Å². The Bertz CT molecular complexity index is 723. The van der Waals surface area contributed by atoms with Crippen molar-refractivity contribution < 1.29 is 24.2 Å². The van der Waals surface area contributed by atoms with Crippen LogP contribution in [0.4, 0.5) is 0 Å². The summed E-state index contributed by atoms with van der Waals surface area (Å²) in [5.74, 6) is 7.85. The Kier molecular flexibility index (Phi) is 6.62. The average molecular weight is 344 g/mol. The lowest BCUT2D eigenvalue weighted by Gasteiger charge is -2.24. The number of hydrogen-bond donors (Lipinski definition) is 1. The third kappa shape index (κ3) is 3.78. The SMILES string of the molecule is C#CCC(CC#CC(O)(C#C)c1cccs1)(C(=O)OC)C(=O)OC. The summed E-state index contributed by atoms with van der Waals surface area (Å²) < 4.78 is 9.34. The first-order valence-electron chi connectivity index (χ1n) is 6.74. The Morgan fingerprint density at radius 1 is 1.25 bits per heavy atom. The standard InChI is InChI=1S/C18H16O5S/c1-5-10-17(15(19)22-3,16(20)23-4)11-8-12-18(21,6-2)14-9-7-13-24-14/h1-2,7,9,13,21H,10-11H2,3-4H3. The molecule has 1 N–H and O–H groups in total. The maximum atomic E-state index is 12.1. The highest BCUT2D eigenvalue weighted by atomic mass is 32.1. The molecule has 6 heteroatoms. The second-order valence-electron chi connectivity index (χ2n) is 4.76. The molecule has 1 heterocycles. The normalized spacial score (nSPS) is 12.5. The summed E-state index contributed by atoms with van der Waals surface area (Å²) in [6, 6.07) is 3.35. The number of esters is 2. The average Bonchev–Trinajstić information content (AvgIpc) is 3.14. The van der Waals surface area contributed by atoms with E-state index >= 15 is 0 Å². The molecule has 0 fully saturated rings. The highest BCUT2D eigenvalue weighted by Gasteiger charge is 2.47. The van der Waals surface area contributed by atoms with Crippen LogP contribution in [0.5, 0.6) is 0 Å². The molecule has 0 radical (unpaired) electrons. The van der Waals surface area contributed by atoms with Crippen LogP contribution in [0.3, 0.4) is 0 Å². The number of carbonyl (C=O) groups excluding carboxylic acids is 2. The molecule has 1 rings (SSSR count). The van der Waals surface area contributed by atoms with Crippen LogP contribution in [-0.2, 0) is 24.7 Å². The fraction of sp³-hybridized carbons (Fsp3) is 0.333. The van der Waals surface area contributed by atoms with E-state index in [1.54, 1.807) is 17.5 Å². The number of hydrogen-bond acceptors (Lipinski definition) is 6. The summed E-state index contributed by atoms with van der Waals surface area (Å²) in [5, 5.41) is 12.2. The molecular formula is C18H16O5S. The van der Waals surface area contributed by atoms with E-state index < -0.39 is 23.0 Å². The Morgan fingerprint density at radius 3 is 2.29 bits per heavy atom. The maximum Gasteiger partial charge on any atom is 0.325 e. The molecule has 0 spiro atoms. The van der Waals surface area contributed by atoms with Crippen LogP contribution in [-0.4, -0.2) is 31.3 Å². The zero-order chi connectivity index (χ0) is 18.2. The molecular weight excluding hydrogens is 328 g/mol. The first kappa shape index (κ1) is 19.3. The topological polar surface area (TPSA) is 72.8 Å². The van der Waals surface area contributed by atoms with E-state index in [0.717, 1.165) is 14.2 Å². The Hall–Kier alpha value is -2.72. The van der Waals surface area contributed by atoms with Gasteiger partial charge in [-0.2, -0.15) is 0 Å². The van der Waals surface area contributed by atoms with Crippen LogP contribution in [0, 0.1) is 41.9 Å². The van der Waals surface area contributed by atoms with Gasteiger partial charge in [0.05, 0.1) is 19.1 Å². The predicted octanol–water partition coefficient (Wildman–Crippen LogP) is 1.32. The molecule has 0 aromatic carbocycles. The Balaban J connectivity index is 3.23. The summed E-state index contributed by atoms with van der Waals surface area (Å²) >= 11 is 1.23. The molecule has 0 aliphatic carbocycles. The van der Waals surface area contributed by atoms with Crippen molar-refractivity contribution in [3.8, 4) is 36.5 Å². The fourth-order valence-corrected chi connectivity index (χ4v) is 2.72. The number of rotatable bonds is 5. The van der Waals surface area contributed by atoms with E-state index in [1.807, 2.05) is 0 Å². The van der Waals surface area contributed by atoms with Crippen LogP contribution >= 0.6 is 11.3 Å². The van der Waals surface area contributed by atoms with Crippen molar-refractivity contribution in [1.82, 2.24) is 0 Å². The molecule has 0 aliphatic heterocycles. The summed E-state index contributed by atoms with van der Waals surface area (Å²) in [6.45, 7) is 0. The molecule has 1 unspecified atom stereocenters. The van der Waals surface area contributed by atoms with Gasteiger partial charge in [-0.15, -0.1) is 30.1 Å². The van der Waals surface area contributed by atoms with Crippen LogP contribution in [0.1, 0.15) is 17.7 Å². The fourth-order valence-electron chi connectivity index (χ4n) is 1.98. The predicted molar refractivity (Wildman–Crippen MR) is 89.4 cm³/mol. The zero-order valence-corrected chi connectivity index (χ0v) is 14.1. The molecule has 24 heavy (non-hydrogen) atoms. The van der Waals surface area contributed by atoms with E-state index in [9.17, 15) is 14.7 Å². The number of carbonyl (C=O) groups is 2. The van der Waals surface area contributed by atoms with E-state index in [0.29, 0.717) is 4.88 Å². The van der Waals surface area contributed by atoms with Gasteiger partial charge in [-0.3, -0.25) is 9.59 Å². The lowest BCUT2D eigenvalue weighted by Crippen LogP contribution is -2.41. The molecule has 0 saturated carbocycles. The lowest BCUT2D eigenvalue weighted by atomic mass is 9.81. The minimum atomic E-state index is -1.82. The summed E-state index contributed by atoms with van der Waals surface area (Å²) in [4.78, 5) is 24.6. The number of terminal acetylenes is 2. The van der Waals surface area contributed by atoms with E-state index in [1.165, 1.54) is 11.3 Å². The summed E-state index contributed by atoms with van der Waals surface area (Å²) in [5.41, 5.74) is -3.58. The lowest BCUT2D eigenvalue weighted by molar-refractivity contribution is -0.168. The van der Waals surface area contributed by atoms with Crippen LogP contribution < -0.4 is 0 Å². The minimum absolute atomic E-state index is 0.255. The van der Waals surface area contributed by atoms with Gasteiger partial charge in [0.25, 0.3) is 0 Å². The van der Waals surface area contributed by atoms with E-state index in [-0.39, 0.29) is 12.8 Å². The molecule has 1 aromatic heterocycles. The zero-order valence-electron chi connectivity index (χ0n) is 13.3. The van der Waals surface area contributed by atoms with Crippen LogP contribution in [0.25, 0.3) is 0 Å². The van der Waals surface area contributed by atoms with Crippen LogP contribution in [0.2, 0.25) is 0 Å². The van der Waals surface area contributed by atoms with Crippen LogP contribution in [0.15, 0.2) is 17.5 Å². The van der Waals surface area contributed by atoms with Crippen molar-refractivity contribution in [3.63, 3.8) is 0 Å². The molecule has 0 saturated heterocycles. The Morgan fingerprint density at radius 2 is 1.88 bits per heavy atom. The quantitative estimate of drug-likeness (QED) is 0.495. The van der Waals surface area contributed by atoms with Gasteiger partial charge in [-0.25, -0.2) is 0 Å². The van der Waals surface area contributed by atoms with Crippen molar-refractivity contribution in [2.24, 2.45) is 5.41 Å². The van der Waals surface area contributed by atoms with Crippen molar-refractivity contribution in [2.45, 2.75) is 18.4 Å². The van der Waals surface area contributed by atoms with Crippen molar-refractivity contribution in [3.05, 3.63) is 22.4 Å². The van der Waals surface area contributed by atoms with Crippen molar-refractivity contribution in [2.75, 3.05) is 14.2 Å². The highest BCUT2D eigenvalue weighted by molar-refractivity contribution is 7.10. The monoisotopic (exact) mass is 344 g/mol. The second-order valence-corrected chi connectivity index (χ2v) is 5.70. The third-order valence-electron chi connectivity index (χ3n) is 3.30. The molecule has 0 aliphatic rings. The number of aliphatic hydroxyl groups is 1. The van der Waals surface area contributed by atoms with Gasteiger partial charge in [0, 0.05) is 12.8 Å². The molecule has 5 nitrogen and oxygen atoms in total. The first-order chi connectivity index (χ1) is 11.4. The number of methoxy groups -OCH3 is 2. The summed E-state index contributed by atoms with van der Waals surface area (Å²) in [6.07, 6.45) is 10.1. The van der Waals surface area contributed by atoms with Gasteiger partial charge in [0.15, 0.2) is 5.41 Å². The first-order valence-corrected chi connectivity index (χ1v) is 7.62. The smallest absolute Gasteiger partial charge is 0.325 e.